The van der Waals surface area contributed by atoms with Crippen LogP contribution in [0.1, 0.15) is 53.7 Å². The largest absolute Gasteiger partial charge is 0.507 e. The Morgan fingerprint density at radius 1 is 1.15 bits per heavy atom. The number of rotatable bonds is 10. The molecule has 1 N–H and O–H groups in total. The van der Waals surface area contributed by atoms with Crippen LogP contribution in [0.25, 0.3) is 0 Å². The highest BCUT2D eigenvalue weighted by Crippen LogP contribution is 2.33. The van der Waals surface area contributed by atoms with Gasteiger partial charge in [0, 0.05) is 11.3 Å². The number of aryl methyl sites for hydroxylation is 1. The Labute approximate surface area is 165 Å². The quantitative estimate of drug-likeness (QED) is 0.344. The van der Waals surface area contributed by atoms with Crippen molar-refractivity contribution < 1.29 is 14.6 Å². The van der Waals surface area contributed by atoms with Gasteiger partial charge >= 0.3 is 0 Å². The monoisotopic (exact) mass is 383 g/mol. The minimum absolute atomic E-state index is 0.0347. The van der Waals surface area contributed by atoms with Gasteiger partial charge in [-0.15, -0.1) is 0 Å². The van der Waals surface area contributed by atoms with E-state index >= 15 is 0 Å². The molecular weight excluding hydrogens is 358 g/mol. The van der Waals surface area contributed by atoms with Gasteiger partial charge in [0.2, 0.25) is 0 Å². The van der Waals surface area contributed by atoms with Gasteiger partial charge < -0.3 is 9.84 Å². The number of Topliss-reactive ketones (excluding diaryl/α,β-unsaturated/α-hetero) is 1. The Morgan fingerprint density at radius 2 is 1.85 bits per heavy atom. The second-order valence-electron chi connectivity index (χ2n) is 6.39. The summed E-state index contributed by atoms with van der Waals surface area (Å²) in [6.45, 7) is 3.88. The van der Waals surface area contributed by atoms with E-state index in [1.54, 1.807) is 12.1 Å². The zero-order valence-corrected chi connectivity index (χ0v) is 16.6. The van der Waals surface area contributed by atoms with E-state index in [9.17, 15) is 9.90 Å². The number of ether oxygens (including phenoxy) is 1. The number of hydrogen-bond acceptors (Lipinski definition) is 5. The number of thioether (sulfide) groups is 1. The molecule has 0 radical (unpaired) electrons. The molecular formula is C22H25NO3S. The Morgan fingerprint density at radius 3 is 2.48 bits per heavy atom. The number of benzene rings is 2. The van der Waals surface area contributed by atoms with Gasteiger partial charge in [0.25, 0.3) is 0 Å². The molecule has 0 bridgehead atoms. The first-order valence-corrected chi connectivity index (χ1v) is 10.1. The van der Waals surface area contributed by atoms with Gasteiger partial charge in [0.1, 0.15) is 23.5 Å². The van der Waals surface area contributed by atoms with Gasteiger partial charge in [-0.05, 0) is 61.2 Å². The predicted octanol–water partition coefficient (Wildman–Crippen LogP) is 5.27. The standard InChI is InChI=1S/C22H25NO3S/c1-3-5-20-21(12-11-19(16(2)24)22(20)25)26-14-18-9-7-17(8-10-18)6-4-13-27-15-23/h7-12,25H,3-6,13-14H2,1-2H3. The van der Waals surface area contributed by atoms with Crippen molar-refractivity contribution in [3.63, 3.8) is 0 Å². The van der Waals surface area contributed by atoms with E-state index in [2.05, 4.69) is 17.5 Å². The molecule has 27 heavy (non-hydrogen) atoms. The number of thiocyanates is 1. The lowest BCUT2D eigenvalue weighted by Crippen LogP contribution is -2.02. The first kappa shape index (κ1) is 20.9. The van der Waals surface area contributed by atoms with Crippen LogP contribution in [0.2, 0.25) is 0 Å². The molecule has 0 amide bonds. The van der Waals surface area contributed by atoms with Crippen LogP contribution in [-0.2, 0) is 19.4 Å². The number of phenolic OH excluding ortho intramolecular Hbond substituents is 1. The van der Waals surface area contributed by atoms with Crippen molar-refractivity contribution in [2.75, 3.05) is 5.75 Å². The minimum Gasteiger partial charge on any atom is -0.507 e. The van der Waals surface area contributed by atoms with Crippen LogP contribution in [0.15, 0.2) is 36.4 Å². The van der Waals surface area contributed by atoms with Gasteiger partial charge in [-0.3, -0.25) is 4.79 Å². The Hall–Kier alpha value is -2.45. The summed E-state index contributed by atoms with van der Waals surface area (Å²) in [6, 6.07) is 11.6. The van der Waals surface area contributed by atoms with E-state index in [0.29, 0.717) is 29.9 Å². The fourth-order valence-electron chi connectivity index (χ4n) is 2.89. The topological polar surface area (TPSA) is 70.3 Å². The lowest BCUT2D eigenvalue weighted by atomic mass is 10.0. The molecule has 0 saturated heterocycles. The maximum absolute atomic E-state index is 11.6. The maximum Gasteiger partial charge on any atom is 0.163 e. The second-order valence-corrected chi connectivity index (χ2v) is 7.27. The first-order chi connectivity index (χ1) is 13.1. The molecule has 0 aromatic heterocycles. The summed E-state index contributed by atoms with van der Waals surface area (Å²) in [5.74, 6) is 1.35. The van der Waals surface area contributed by atoms with Gasteiger partial charge in [-0.2, -0.15) is 5.26 Å². The van der Waals surface area contributed by atoms with Gasteiger partial charge in [0.05, 0.1) is 5.56 Å². The Kier molecular flexibility index (Phi) is 8.22. The van der Waals surface area contributed by atoms with E-state index in [-0.39, 0.29) is 11.5 Å². The van der Waals surface area contributed by atoms with Crippen LogP contribution in [0.5, 0.6) is 11.5 Å². The summed E-state index contributed by atoms with van der Waals surface area (Å²) in [5.41, 5.74) is 3.32. The number of aromatic hydroxyl groups is 1. The molecule has 0 aliphatic rings. The summed E-state index contributed by atoms with van der Waals surface area (Å²) >= 11 is 1.29. The van der Waals surface area contributed by atoms with Crippen LogP contribution in [-0.4, -0.2) is 16.6 Å². The normalized spacial score (nSPS) is 10.4. The van der Waals surface area contributed by atoms with E-state index in [0.717, 1.165) is 30.6 Å². The zero-order chi connectivity index (χ0) is 19.6. The third-order valence-electron chi connectivity index (χ3n) is 4.31. The molecule has 2 aromatic rings. The van der Waals surface area contributed by atoms with E-state index < -0.39 is 0 Å². The molecule has 0 heterocycles. The van der Waals surface area contributed by atoms with Crippen molar-refractivity contribution in [2.24, 2.45) is 0 Å². The molecule has 2 rings (SSSR count). The van der Waals surface area contributed by atoms with Crippen LogP contribution in [0, 0.1) is 10.7 Å². The SMILES string of the molecule is CCCc1c(OCc2ccc(CCCSC#N)cc2)ccc(C(C)=O)c1O. The van der Waals surface area contributed by atoms with Crippen LogP contribution < -0.4 is 4.74 Å². The molecule has 0 aliphatic heterocycles. The number of carbonyl (C=O) groups is 1. The first-order valence-electron chi connectivity index (χ1n) is 9.14. The number of hydrogen-bond donors (Lipinski definition) is 1. The summed E-state index contributed by atoms with van der Waals surface area (Å²) in [6.07, 6.45) is 3.44. The van der Waals surface area contributed by atoms with Crippen molar-refractivity contribution in [3.8, 4) is 16.9 Å². The average molecular weight is 384 g/mol. The number of nitrogens with zero attached hydrogens (tertiary/aromatic N) is 1. The Bertz CT molecular complexity index is 810. The van der Waals surface area contributed by atoms with Gasteiger partial charge in [-0.1, -0.05) is 37.6 Å². The molecule has 5 heteroatoms. The average Bonchev–Trinajstić information content (AvgIpc) is 2.66. The van der Waals surface area contributed by atoms with Crippen molar-refractivity contribution in [3.05, 3.63) is 58.7 Å². The molecule has 0 spiro atoms. The van der Waals surface area contributed by atoms with Crippen molar-refractivity contribution in [2.45, 2.75) is 46.1 Å². The lowest BCUT2D eigenvalue weighted by Gasteiger charge is -2.15. The highest BCUT2D eigenvalue weighted by Gasteiger charge is 2.15. The zero-order valence-electron chi connectivity index (χ0n) is 15.8. The molecule has 0 aliphatic carbocycles. The third-order valence-corrected chi connectivity index (χ3v) is 4.93. The van der Waals surface area contributed by atoms with Crippen molar-refractivity contribution in [1.29, 1.82) is 5.26 Å². The fourth-order valence-corrected chi connectivity index (χ4v) is 3.27. The summed E-state index contributed by atoms with van der Waals surface area (Å²) in [7, 11) is 0. The van der Waals surface area contributed by atoms with E-state index in [1.807, 2.05) is 19.1 Å². The highest BCUT2D eigenvalue weighted by molar-refractivity contribution is 8.03. The van der Waals surface area contributed by atoms with Crippen LogP contribution in [0.3, 0.4) is 0 Å². The van der Waals surface area contributed by atoms with Gasteiger partial charge in [0.15, 0.2) is 5.78 Å². The van der Waals surface area contributed by atoms with E-state index in [4.69, 9.17) is 10.00 Å². The Balaban J connectivity index is 2.02. The number of carbonyl (C=O) groups excluding carboxylic acids is 1. The molecule has 2 aromatic carbocycles. The molecule has 0 atom stereocenters. The minimum atomic E-state index is -0.153. The maximum atomic E-state index is 11.6. The molecule has 0 unspecified atom stereocenters. The summed E-state index contributed by atoms with van der Waals surface area (Å²) in [5, 5.41) is 21.0. The van der Waals surface area contributed by atoms with Gasteiger partial charge in [-0.25, -0.2) is 0 Å². The smallest absolute Gasteiger partial charge is 0.163 e. The number of ketones is 1. The fraction of sp³-hybridized carbons (Fsp3) is 0.364. The predicted molar refractivity (Wildman–Crippen MR) is 109 cm³/mol. The summed E-state index contributed by atoms with van der Waals surface area (Å²) < 4.78 is 5.93. The molecule has 0 fully saturated rings. The third kappa shape index (κ3) is 6.04. The molecule has 142 valence electrons. The highest BCUT2D eigenvalue weighted by atomic mass is 32.2. The van der Waals surface area contributed by atoms with Crippen LogP contribution >= 0.6 is 11.8 Å². The van der Waals surface area contributed by atoms with Crippen molar-refractivity contribution >= 4 is 17.5 Å². The van der Waals surface area contributed by atoms with Crippen molar-refractivity contribution in [1.82, 2.24) is 0 Å². The van der Waals surface area contributed by atoms with Crippen LogP contribution in [0.4, 0.5) is 0 Å². The molecule has 4 nitrogen and oxygen atoms in total. The number of phenols is 1. The molecule has 0 saturated carbocycles. The summed E-state index contributed by atoms with van der Waals surface area (Å²) in [4.78, 5) is 11.6. The second kappa shape index (κ2) is 10.6. The number of nitriles is 1. The lowest BCUT2D eigenvalue weighted by molar-refractivity contribution is 0.101. The van der Waals surface area contributed by atoms with E-state index in [1.165, 1.54) is 24.2 Å².